The second kappa shape index (κ2) is 8.02. The zero-order valence-electron chi connectivity index (χ0n) is 15.4. The fraction of sp³-hybridized carbons (Fsp3) is 0.632. The molecule has 1 aromatic rings. The first-order valence-electron chi connectivity index (χ1n) is 8.94. The SMILES string of the molecule is CC(=O)N[C@@H]1[C@H](OCCc2ccccc2)O[C@@H]2COC(C)(C)O[C@H]2[C@H]1O. The Morgan fingerprint density at radius 3 is 2.77 bits per heavy atom. The Morgan fingerprint density at radius 2 is 2.08 bits per heavy atom. The van der Waals surface area contributed by atoms with E-state index in [9.17, 15) is 9.90 Å². The number of fused-ring (bicyclic) bond motifs is 1. The van der Waals surface area contributed by atoms with Crippen molar-refractivity contribution in [2.45, 2.75) is 63.6 Å². The molecule has 3 rings (SSSR count). The van der Waals surface area contributed by atoms with Crippen molar-refractivity contribution in [2.24, 2.45) is 0 Å². The van der Waals surface area contributed by atoms with Crippen molar-refractivity contribution in [1.29, 1.82) is 0 Å². The lowest BCUT2D eigenvalue weighted by atomic mass is 9.95. The molecule has 2 aliphatic heterocycles. The van der Waals surface area contributed by atoms with Gasteiger partial charge in [-0.3, -0.25) is 4.79 Å². The molecule has 0 aromatic heterocycles. The number of carbonyl (C=O) groups is 1. The summed E-state index contributed by atoms with van der Waals surface area (Å²) >= 11 is 0. The monoisotopic (exact) mass is 365 g/mol. The largest absolute Gasteiger partial charge is 0.388 e. The number of aliphatic hydroxyl groups is 1. The standard InChI is InChI=1S/C19H27NO6/c1-12(21)20-15-16(22)17-14(11-24-19(2,3)26-17)25-18(15)23-10-9-13-7-5-4-6-8-13/h4-8,14-18,22H,9-11H2,1-3H3,(H,20,21)/t14-,15+,16+,17-,18-/m1/s1. The summed E-state index contributed by atoms with van der Waals surface area (Å²) in [5.74, 6) is -1.08. The molecule has 2 fully saturated rings. The van der Waals surface area contributed by atoms with Gasteiger partial charge in [-0.05, 0) is 25.8 Å². The third-order valence-corrected chi connectivity index (χ3v) is 4.57. The molecule has 0 unspecified atom stereocenters. The van der Waals surface area contributed by atoms with Crippen LogP contribution in [-0.4, -0.2) is 60.7 Å². The smallest absolute Gasteiger partial charge is 0.217 e. The Hall–Kier alpha value is -1.51. The Balaban J connectivity index is 1.66. The highest BCUT2D eigenvalue weighted by atomic mass is 16.8. The molecule has 2 saturated heterocycles. The van der Waals surface area contributed by atoms with Crippen LogP contribution in [0.4, 0.5) is 0 Å². The number of amides is 1. The van der Waals surface area contributed by atoms with Crippen molar-refractivity contribution < 1.29 is 28.8 Å². The van der Waals surface area contributed by atoms with E-state index in [0.29, 0.717) is 19.6 Å². The Bertz CT molecular complexity index is 607. The highest BCUT2D eigenvalue weighted by Gasteiger charge is 2.51. The number of benzene rings is 1. The molecule has 0 spiro atoms. The number of hydrogen-bond donors (Lipinski definition) is 2. The minimum Gasteiger partial charge on any atom is -0.388 e. The summed E-state index contributed by atoms with van der Waals surface area (Å²) in [5.41, 5.74) is 1.14. The van der Waals surface area contributed by atoms with Gasteiger partial charge in [-0.1, -0.05) is 30.3 Å². The first-order valence-corrected chi connectivity index (χ1v) is 8.94. The van der Waals surface area contributed by atoms with Gasteiger partial charge >= 0.3 is 0 Å². The maximum atomic E-state index is 11.6. The molecule has 7 heteroatoms. The van der Waals surface area contributed by atoms with E-state index < -0.39 is 36.4 Å². The zero-order valence-corrected chi connectivity index (χ0v) is 15.4. The van der Waals surface area contributed by atoms with Gasteiger partial charge in [0.05, 0.1) is 13.2 Å². The highest BCUT2D eigenvalue weighted by molar-refractivity contribution is 5.73. The number of ether oxygens (including phenoxy) is 4. The molecule has 144 valence electrons. The molecular formula is C19H27NO6. The average Bonchev–Trinajstić information content (AvgIpc) is 2.59. The van der Waals surface area contributed by atoms with Gasteiger partial charge in [-0.2, -0.15) is 0 Å². The maximum absolute atomic E-state index is 11.6. The number of carbonyl (C=O) groups excluding carboxylic acids is 1. The Morgan fingerprint density at radius 1 is 1.35 bits per heavy atom. The van der Waals surface area contributed by atoms with Crippen molar-refractivity contribution in [1.82, 2.24) is 5.32 Å². The Kier molecular flexibility index (Phi) is 5.94. The molecular weight excluding hydrogens is 338 g/mol. The number of hydrogen-bond acceptors (Lipinski definition) is 6. The molecule has 0 saturated carbocycles. The summed E-state index contributed by atoms with van der Waals surface area (Å²) in [5, 5.41) is 13.5. The van der Waals surface area contributed by atoms with Gasteiger partial charge in [0, 0.05) is 6.92 Å². The van der Waals surface area contributed by atoms with E-state index in [-0.39, 0.29) is 5.91 Å². The average molecular weight is 365 g/mol. The normalized spacial score (nSPS) is 33.3. The molecule has 2 N–H and O–H groups in total. The van der Waals surface area contributed by atoms with Crippen LogP contribution in [0.15, 0.2) is 30.3 Å². The van der Waals surface area contributed by atoms with Crippen LogP contribution in [0.25, 0.3) is 0 Å². The van der Waals surface area contributed by atoms with Crippen LogP contribution in [0.5, 0.6) is 0 Å². The molecule has 0 radical (unpaired) electrons. The van der Waals surface area contributed by atoms with Gasteiger partial charge in [0.15, 0.2) is 12.1 Å². The van der Waals surface area contributed by atoms with Crippen molar-refractivity contribution in [2.75, 3.05) is 13.2 Å². The van der Waals surface area contributed by atoms with Crippen LogP contribution in [-0.2, 0) is 30.2 Å². The minimum atomic E-state index is -0.956. The van der Waals surface area contributed by atoms with Crippen molar-refractivity contribution in [3.8, 4) is 0 Å². The molecule has 0 aliphatic carbocycles. The molecule has 5 atom stereocenters. The van der Waals surface area contributed by atoms with Gasteiger partial charge < -0.3 is 29.4 Å². The second-order valence-electron chi connectivity index (χ2n) is 7.16. The summed E-state index contributed by atoms with van der Waals surface area (Å²) in [4.78, 5) is 11.6. The van der Waals surface area contributed by atoms with E-state index in [1.807, 2.05) is 30.3 Å². The molecule has 1 amide bonds. The zero-order chi connectivity index (χ0) is 18.7. The van der Waals surface area contributed by atoms with Gasteiger partial charge in [-0.15, -0.1) is 0 Å². The lowest BCUT2D eigenvalue weighted by molar-refractivity contribution is -0.368. The summed E-state index contributed by atoms with van der Waals surface area (Å²) in [6.45, 7) is 5.66. The molecule has 7 nitrogen and oxygen atoms in total. The second-order valence-corrected chi connectivity index (χ2v) is 7.16. The van der Waals surface area contributed by atoms with E-state index in [0.717, 1.165) is 5.56 Å². The topological polar surface area (TPSA) is 86.3 Å². The van der Waals surface area contributed by atoms with Crippen molar-refractivity contribution in [3.05, 3.63) is 35.9 Å². The van der Waals surface area contributed by atoms with Crippen LogP contribution in [0.2, 0.25) is 0 Å². The van der Waals surface area contributed by atoms with Crippen LogP contribution in [0.3, 0.4) is 0 Å². The fourth-order valence-electron chi connectivity index (χ4n) is 3.31. The molecule has 26 heavy (non-hydrogen) atoms. The van der Waals surface area contributed by atoms with Gasteiger partial charge in [0.1, 0.15) is 24.4 Å². The number of nitrogens with one attached hydrogen (secondary N) is 1. The summed E-state index contributed by atoms with van der Waals surface area (Å²) in [6, 6.07) is 9.23. The van der Waals surface area contributed by atoms with Crippen LogP contribution in [0.1, 0.15) is 26.3 Å². The quantitative estimate of drug-likeness (QED) is 0.809. The van der Waals surface area contributed by atoms with Gasteiger partial charge in [0.2, 0.25) is 5.91 Å². The molecule has 2 heterocycles. The minimum absolute atomic E-state index is 0.265. The highest BCUT2D eigenvalue weighted by Crippen LogP contribution is 2.32. The first-order chi connectivity index (χ1) is 12.4. The van der Waals surface area contributed by atoms with Crippen LogP contribution >= 0.6 is 0 Å². The fourth-order valence-corrected chi connectivity index (χ4v) is 3.31. The third kappa shape index (κ3) is 4.61. The number of rotatable bonds is 5. The van der Waals surface area contributed by atoms with Gasteiger partial charge in [0.25, 0.3) is 0 Å². The lowest BCUT2D eigenvalue weighted by Gasteiger charge is -2.49. The van der Waals surface area contributed by atoms with Crippen molar-refractivity contribution in [3.63, 3.8) is 0 Å². The predicted molar refractivity (Wildman–Crippen MR) is 93.3 cm³/mol. The van der Waals surface area contributed by atoms with E-state index in [4.69, 9.17) is 18.9 Å². The molecule has 2 aliphatic rings. The number of aliphatic hydroxyl groups excluding tert-OH is 1. The third-order valence-electron chi connectivity index (χ3n) is 4.57. The van der Waals surface area contributed by atoms with E-state index in [1.165, 1.54) is 6.92 Å². The first kappa shape index (κ1) is 19.3. The lowest BCUT2D eigenvalue weighted by Crippen LogP contribution is -2.68. The van der Waals surface area contributed by atoms with Crippen molar-refractivity contribution >= 4 is 5.91 Å². The van der Waals surface area contributed by atoms with Gasteiger partial charge in [-0.25, -0.2) is 0 Å². The van der Waals surface area contributed by atoms with E-state index >= 15 is 0 Å². The van der Waals surface area contributed by atoms with E-state index in [1.54, 1.807) is 13.8 Å². The molecule has 1 aromatic carbocycles. The van der Waals surface area contributed by atoms with Crippen LogP contribution in [0, 0.1) is 0 Å². The Labute approximate surface area is 153 Å². The summed E-state index contributed by atoms with van der Waals surface area (Å²) in [7, 11) is 0. The van der Waals surface area contributed by atoms with E-state index in [2.05, 4.69) is 5.32 Å². The predicted octanol–water partition coefficient (Wildman–Crippen LogP) is 0.988. The summed E-state index contributed by atoms with van der Waals surface area (Å²) < 4.78 is 23.3. The maximum Gasteiger partial charge on any atom is 0.217 e. The van der Waals surface area contributed by atoms with Crippen LogP contribution < -0.4 is 5.32 Å². The summed E-state index contributed by atoms with van der Waals surface area (Å²) in [6.07, 6.45) is -2.07. The molecule has 0 bridgehead atoms.